The molecular weight excluding hydrogens is 340 g/mol. The van der Waals surface area contributed by atoms with Crippen molar-refractivity contribution in [1.29, 1.82) is 0 Å². The van der Waals surface area contributed by atoms with E-state index in [9.17, 15) is 0 Å². The number of anilines is 3. The fourth-order valence-corrected chi connectivity index (χ4v) is 3.70. The van der Waals surface area contributed by atoms with Gasteiger partial charge in [-0.05, 0) is 61.9 Å². The highest BCUT2D eigenvalue weighted by Crippen LogP contribution is 2.46. The van der Waals surface area contributed by atoms with Crippen molar-refractivity contribution in [1.82, 2.24) is 0 Å². The van der Waals surface area contributed by atoms with Crippen LogP contribution in [0.1, 0.15) is 13.3 Å². The van der Waals surface area contributed by atoms with Gasteiger partial charge in [0.1, 0.15) is 0 Å². The Morgan fingerprint density at radius 3 is 2.29 bits per heavy atom. The van der Waals surface area contributed by atoms with E-state index >= 15 is 0 Å². The second-order valence-corrected chi connectivity index (χ2v) is 6.63. The van der Waals surface area contributed by atoms with Gasteiger partial charge in [0.05, 0.1) is 22.8 Å². The molecule has 2 aromatic carbocycles. The molecule has 1 aliphatic heterocycles. The van der Waals surface area contributed by atoms with E-state index < -0.39 is 0 Å². The lowest BCUT2D eigenvalue weighted by molar-refractivity contribution is 1.03. The Labute approximate surface area is 167 Å². The van der Waals surface area contributed by atoms with Crippen LogP contribution in [0.4, 0.5) is 17.1 Å². The molecule has 0 amide bonds. The summed E-state index contributed by atoms with van der Waals surface area (Å²) in [7, 11) is 0. The molecule has 2 heteroatoms. The SMILES string of the molecule is C=CC1=C(/C=C\C)N(c2ccccc2)c2ccccc2N1C1=CC=CCC=C1. The molecule has 2 nitrogen and oxygen atoms in total. The largest absolute Gasteiger partial charge is 0.306 e. The van der Waals surface area contributed by atoms with Gasteiger partial charge in [-0.2, -0.15) is 0 Å². The van der Waals surface area contributed by atoms with Crippen molar-refractivity contribution in [2.45, 2.75) is 13.3 Å². The topological polar surface area (TPSA) is 6.48 Å². The summed E-state index contributed by atoms with van der Waals surface area (Å²) in [6.07, 6.45) is 18.0. The van der Waals surface area contributed by atoms with E-state index in [0.717, 1.165) is 40.6 Å². The minimum absolute atomic E-state index is 0.945. The second-order valence-electron chi connectivity index (χ2n) is 6.63. The highest BCUT2D eigenvalue weighted by Gasteiger charge is 2.30. The summed E-state index contributed by atoms with van der Waals surface area (Å²) in [5.41, 5.74) is 6.71. The summed E-state index contributed by atoms with van der Waals surface area (Å²) in [6.45, 7) is 6.21. The van der Waals surface area contributed by atoms with Crippen LogP contribution in [0.5, 0.6) is 0 Å². The van der Waals surface area contributed by atoms with E-state index in [1.807, 2.05) is 12.1 Å². The Balaban J connectivity index is 2.01. The highest BCUT2D eigenvalue weighted by molar-refractivity contribution is 5.89. The smallest absolute Gasteiger partial charge is 0.0703 e. The Kier molecular flexibility index (Phi) is 5.11. The first-order valence-electron chi connectivity index (χ1n) is 9.62. The molecule has 4 rings (SSSR count). The normalized spacial score (nSPS) is 16.2. The first kappa shape index (κ1) is 17.9. The number of para-hydroxylation sites is 3. The molecule has 0 radical (unpaired) electrons. The minimum Gasteiger partial charge on any atom is -0.306 e. The van der Waals surface area contributed by atoms with E-state index in [1.165, 1.54) is 0 Å². The molecule has 2 aromatic rings. The van der Waals surface area contributed by atoms with Crippen molar-refractivity contribution in [3.63, 3.8) is 0 Å². The molecule has 0 saturated carbocycles. The summed E-state index contributed by atoms with van der Waals surface area (Å²) in [4.78, 5) is 4.60. The quantitative estimate of drug-likeness (QED) is 0.575. The Morgan fingerprint density at radius 1 is 0.857 bits per heavy atom. The van der Waals surface area contributed by atoms with Crippen LogP contribution in [0, 0.1) is 0 Å². The number of hydrogen-bond acceptors (Lipinski definition) is 2. The first-order valence-corrected chi connectivity index (χ1v) is 9.62. The van der Waals surface area contributed by atoms with Gasteiger partial charge >= 0.3 is 0 Å². The van der Waals surface area contributed by atoms with Crippen LogP contribution < -0.4 is 9.80 Å². The number of hydrogen-bond donors (Lipinski definition) is 0. The molecule has 0 unspecified atom stereocenters. The number of nitrogens with zero attached hydrogens (tertiary/aromatic N) is 2. The third-order valence-electron chi connectivity index (χ3n) is 4.86. The zero-order valence-corrected chi connectivity index (χ0v) is 16.1. The Hall–Kier alpha value is -3.52. The lowest BCUT2D eigenvalue weighted by Crippen LogP contribution is -2.32. The molecule has 0 saturated heterocycles. The van der Waals surface area contributed by atoms with Crippen LogP contribution in [-0.4, -0.2) is 0 Å². The van der Waals surface area contributed by atoms with Gasteiger partial charge in [-0.15, -0.1) is 0 Å². The minimum atomic E-state index is 0.945. The van der Waals surface area contributed by atoms with Gasteiger partial charge in [-0.1, -0.05) is 61.2 Å². The predicted octanol–water partition coefficient (Wildman–Crippen LogP) is 7.02. The molecule has 0 spiro atoms. The number of allylic oxidation sites excluding steroid dienone is 8. The van der Waals surface area contributed by atoms with E-state index in [-0.39, 0.29) is 0 Å². The van der Waals surface area contributed by atoms with Crippen molar-refractivity contribution in [3.8, 4) is 0 Å². The van der Waals surface area contributed by atoms with E-state index in [4.69, 9.17) is 0 Å². The molecule has 138 valence electrons. The zero-order chi connectivity index (χ0) is 19.3. The average Bonchev–Trinajstić information content (AvgIpc) is 3.03. The van der Waals surface area contributed by atoms with E-state index in [2.05, 4.69) is 114 Å². The average molecular weight is 364 g/mol. The van der Waals surface area contributed by atoms with E-state index in [1.54, 1.807) is 0 Å². The van der Waals surface area contributed by atoms with Crippen molar-refractivity contribution < 1.29 is 0 Å². The summed E-state index contributed by atoms with van der Waals surface area (Å²) < 4.78 is 0. The van der Waals surface area contributed by atoms with Gasteiger partial charge in [0.15, 0.2) is 0 Å². The van der Waals surface area contributed by atoms with Crippen LogP contribution in [0.3, 0.4) is 0 Å². The Bertz CT molecular complexity index is 1020. The maximum absolute atomic E-state index is 4.16. The first-order chi connectivity index (χ1) is 13.8. The summed E-state index contributed by atoms with van der Waals surface area (Å²) in [6, 6.07) is 19.0. The molecule has 2 aliphatic rings. The molecule has 0 fully saturated rings. The van der Waals surface area contributed by atoms with Crippen molar-refractivity contribution >= 4 is 17.1 Å². The molecule has 0 bridgehead atoms. The molecule has 0 atom stereocenters. The molecule has 1 aliphatic carbocycles. The van der Waals surface area contributed by atoms with Gasteiger partial charge < -0.3 is 9.80 Å². The lowest BCUT2D eigenvalue weighted by Gasteiger charge is -2.41. The molecule has 0 N–H and O–H groups in total. The van der Waals surface area contributed by atoms with Gasteiger partial charge in [-0.25, -0.2) is 0 Å². The second kappa shape index (κ2) is 8.01. The fourth-order valence-electron chi connectivity index (χ4n) is 3.70. The summed E-state index contributed by atoms with van der Waals surface area (Å²) in [5, 5.41) is 0. The summed E-state index contributed by atoms with van der Waals surface area (Å²) in [5.74, 6) is 0. The van der Waals surface area contributed by atoms with Crippen molar-refractivity contribution in [2.75, 3.05) is 9.80 Å². The maximum Gasteiger partial charge on any atom is 0.0703 e. The van der Waals surface area contributed by atoms with Gasteiger partial charge in [-0.3, -0.25) is 0 Å². The third-order valence-corrected chi connectivity index (χ3v) is 4.86. The van der Waals surface area contributed by atoms with E-state index in [0.29, 0.717) is 0 Å². The standard InChI is InChI=1S/C26H24N2/c1-3-14-24-23(4-2)27(21-15-8-5-6-9-16-21)25-19-12-13-20-26(25)28(24)22-17-10-7-11-18-22/h3-5,7-20H,2,6H2,1H3/b14-3-. The number of rotatable bonds is 4. The zero-order valence-electron chi connectivity index (χ0n) is 16.1. The number of benzene rings is 2. The maximum atomic E-state index is 4.16. The summed E-state index contributed by atoms with van der Waals surface area (Å²) >= 11 is 0. The van der Waals surface area contributed by atoms with Gasteiger partial charge in [0.2, 0.25) is 0 Å². The molecule has 28 heavy (non-hydrogen) atoms. The van der Waals surface area contributed by atoms with Crippen LogP contribution in [0.25, 0.3) is 0 Å². The predicted molar refractivity (Wildman–Crippen MR) is 121 cm³/mol. The number of fused-ring (bicyclic) bond motifs is 1. The van der Waals surface area contributed by atoms with Crippen LogP contribution >= 0.6 is 0 Å². The molecular formula is C26H24N2. The fraction of sp³-hybridized carbons (Fsp3) is 0.0769. The molecule has 1 heterocycles. The highest BCUT2D eigenvalue weighted by atomic mass is 15.3. The van der Waals surface area contributed by atoms with Crippen molar-refractivity contribution in [3.05, 3.63) is 127 Å². The Morgan fingerprint density at radius 2 is 1.57 bits per heavy atom. The van der Waals surface area contributed by atoms with Crippen LogP contribution in [0.2, 0.25) is 0 Å². The lowest BCUT2D eigenvalue weighted by atomic mass is 10.0. The van der Waals surface area contributed by atoms with Crippen molar-refractivity contribution in [2.24, 2.45) is 0 Å². The van der Waals surface area contributed by atoms with Crippen LogP contribution in [0.15, 0.2) is 127 Å². The monoisotopic (exact) mass is 364 g/mol. The third kappa shape index (κ3) is 3.14. The molecule has 0 aromatic heterocycles. The van der Waals surface area contributed by atoms with Gasteiger partial charge in [0, 0.05) is 11.4 Å². The van der Waals surface area contributed by atoms with Gasteiger partial charge in [0.25, 0.3) is 0 Å². The van der Waals surface area contributed by atoms with Crippen LogP contribution in [-0.2, 0) is 0 Å².